The van der Waals surface area contributed by atoms with Crippen LogP contribution in [0, 0.1) is 35.5 Å². The fourth-order valence-corrected chi connectivity index (χ4v) is 13.0. The van der Waals surface area contributed by atoms with E-state index in [0.717, 1.165) is 24.8 Å². The largest absolute Gasteiger partial charge is 0.460 e. The van der Waals surface area contributed by atoms with E-state index in [4.69, 9.17) is 23.7 Å². The van der Waals surface area contributed by atoms with Crippen LogP contribution in [-0.2, 0) is 52.2 Å². The number of carbonyl (C=O) groups is 5. The van der Waals surface area contributed by atoms with Crippen LogP contribution in [0.1, 0.15) is 126 Å². The standard InChI is InChI=1S/C53H84NO13PS/c1-32-17-13-12-14-18-33(2)43(63-8)29-40-22-20-38(7)53(61,67-40)50(58)51(59)54-24-16-15-19-41(54)52(60)66-44(35(4)27-39-21-23-46(45(28-39)64-9)69-31-68(11)62)30-42(55)34(3)26-37(6)48(57)49(65-10)47(56)36(5)25-32/h12-14,17-18,26,32,34-36,38-41,43-46,48-49,57,61,68H,15-16,19-25,27-31H2,1-11H3/b14-12+,17-13+,33-18+,37-26+/t32-,34-,35-,36-,38-,39+,40?,41?,43+,44+,45-,46?,48-,49+,53-/m1/s1. The molecule has 3 fully saturated rings. The SMILES string of the molecule is CO[C@H]1CC2CC[C@@H](C)[C@@](O)(O2)C(=O)C(=O)N2CCCCC2C(=O)O[C@H]([C@H](C)C[C@@H]2CCC(SC[PH](C)=O)[C@H](OC)C2)CC(=O)[C@H](C)/C=C(\C)[C@@H](O)[C@@H](OC)C(=O)[C@H](C)C[C@H](C)/C=C/C=C/C=C/1C. The lowest BCUT2D eigenvalue weighted by Crippen LogP contribution is -2.61. The maximum absolute atomic E-state index is 14.5. The van der Waals surface area contributed by atoms with Crippen molar-refractivity contribution < 1.29 is 62.4 Å². The van der Waals surface area contributed by atoms with E-state index in [-0.39, 0.29) is 60.1 Å². The molecule has 0 aromatic heterocycles. The molecule has 4 aliphatic rings. The van der Waals surface area contributed by atoms with Gasteiger partial charge in [-0.1, -0.05) is 71.1 Å². The normalized spacial score (nSPS) is 39.2. The number of cyclic esters (lactones) is 1. The van der Waals surface area contributed by atoms with E-state index >= 15 is 0 Å². The third-order valence-electron chi connectivity index (χ3n) is 15.0. The number of hydrogen-bond acceptors (Lipinski definition) is 14. The molecule has 3 aliphatic heterocycles. The molecule has 4 unspecified atom stereocenters. The minimum absolute atomic E-state index is 0.0183. The number of nitrogens with zero attached hydrogens (tertiary/aromatic N) is 1. The van der Waals surface area contributed by atoms with Crippen molar-refractivity contribution in [3.8, 4) is 0 Å². The van der Waals surface area contributed by atoms with Crippen molar-refractivity contribution in [1.29, 1.82) is 0 Å². The Morgan fingerprint density at radius 1 is 0.899 bits per heavy atom. The number of piperidine rings is 1. The van der Waals surface area contributed by atoms with Crippen LogP contribution in [0.15, 0.2) is 47.6 Å². The molecule has 16 atom stereocenters. The Morgan fingerprint density at radius 2 is 1.62 bits per heavy atom. The number of fused-ring (bicyclic) bond motifs is 3. The van der Waals surface area contributed by atoms with Gasteiger partial charge in [-0.3, -0.25) is 19.2 Å². The zero-order valence-corrected chi connectivity index (χ0v) is 45.0. The van der Waals surface area contributed by atoms with Crippen molar-refractivity contribution in [2.75, 3.05) is 40.0 Å². The number of carbonyl (C=O) groups excluding carboxylic acids is 5. The summed E-state index contributed by atoms with van der Waals surface area (Å²) in [6.45, 7) is 14.6. The van der Waals surface area contributed by atoms with Gasteiger partial charge in [-0.25, -0.2) is 4.79 Å². The number of allylic oxidation sites excluding steroid dienone is 6. The Kier molecular flexibility index (Phi) is 23.8. The van der Waals surface area contributed by atoms with E-state index < -0.39 is 85.6 Å². The van der Waals surface area contributed by atoms with Gasteiger partial charge < -0.3 is 43.4 Å². The molecule has 14 nitrogen and oxygen atoms in total. The minimum atomic E-state index is -2.43. The Morgan fingerprint density at radius 3 is 2.29 bits per heavy atom. The summed E-state index contributed by atoms with van der Waals surface area (Å²) < 4.78 is 41.9. The molecule has 390 valence electrons. The molecule has 1 saturated carbocycles. The predicted octanol–water partition coefficient (Wildman–Crippen LogP) is 8.07. The van der Waals surface area contributed by atoms with E-state index in [1.54, 1.807) is 59.5 Å². The lowest BCUT2D eigenvalue weighted by Gasteiger charge is -2.42. The molecule has 1 amide bonds. The summed E-state index contributed by atoms with van der Waals surface area (Å²) in [6.07, 6.45) is 12.8. The van der Waals surface area contributed by atoms with Crippen molar-refractivity contribution in [2.24, 2.45) is 35.5 Å². The topological polar surface area (TPSA) is 192 Å². The second-order valence-electron chi connectivity index (χ2n) is 20.6. The van der Waals surface area contributed by atoms with Gasteiger partial charge >= 0.3 is 5.97 Å². The molecular weight excluding hydrogens is 922 g/mol. The van der Waals surface area contributed by atoms with E-state index in [1.807, 2.05) is 58.1 Å². The zero-order valence-electron chi connectivity index (χ0n) is 43.2. The second-order valence-corrected chi connectivity index (χ2v) is 24.1. The highest BCUT2D eigenvalue weighted by atomic mass is 32.2. The number of thioether (sulfide) groups is 1. The van der Waals surface area contributed by atoms with Crippen LogP contribution in [-0.4, -0.2) is 138 Å². The fourth-order valence-electron chi connectivity index (χ4n) is 10.5. The smallest absolute Gasteiger partial charge is 0.329 e. The number of ether oxygens (including phenoxy) is 5. The summed E-state index contributed by atoms with van der Waals surface area (Å²) in [4.78, 5) is 72.3. The molecule has 2 saturated heterocycles. The van der Waals surface area contributed by atoms with Gasteiger partial charge in [0.05, 0.1) is 26.1 Å². The molecular formula is C53H84NO13PS. The fraction of sp³-hybridized carbons (Fsp3) is 0.755. The van der Waals surface area contributed by atoms with Crippen LogP contribution in [0.3, 0.4) is 0 Å². The van der Waals surface area contributed by atoms with Crippen LogP contribution in [0.2, 0.25) is 0 Å². The van der Waals surface area contributed by atoms with Crippen molar-refractivity contribution in [3.05, 3.63) is 47.6 Å². The summed E-state index contributed by atoms with van der Waals surface area (Å²) in [6, 6.07) is -1.14. The van der Waals surface area contributed by atoms with Gasteiger partial charge in [0.1, 0.15) is 30.1 Å². The van der Waals surface area contributed by atoms with Crippen LogP contribution in [0.5, 0.6) is 0 Å². The number of aliphatic hydroxyl groups is 2. The van der Waals surface area contributed by atoms with Gasteiger partial charge in [-0.05, 0) is 114 Å². The average molecular weight is 1010 g/mol. The summed E-state index contributed by atoms with van der Waals surface area (Å²) in [5.41, 5.74) is 1.87. The number of esters is 1. The summed E-state index contributed by atoms with van der Waals surface area (Å²) >= 11 is 1.69. The molecule has 1 aliphatic carbocycles. The quantitative estimate of drug-likeness (QED) is 0.0975. The number of amides is 1. The first kappa shape index (κ1) is 58.8. The van der Waals surface area contributed by atoms with Gasteiger partial charge in [0.2, 0.25) is 5.79 Å². The van der Waals surface area contributed by atoms with E-state index in [1.165, 1.54) is 12.0 Å². The molecule has 2 bridgehead atoms. The van der Waals surface area contributed by atoms with Gasteiger partial charge in [0.25, 0.3) is 11.7 Å². The maximum Gasteiger partial charge on any atom is 0.329 e. The Hall–Kier alpha value is -2.75. The highest BCUT2D eigenvalue weighted by molar-refractivity contribution is 8.04. The number of Topliss-reactive ketones (excluding diaryl/α,β-unsaturated/α-hetero) is 3. The molecule has 0 aromatic carbocycles. The van der Waals surface area contributed by atoms with E-state index in [9.17, 15) is 38.8 Å². The first-order valence-electron chi connectivity index (χ1n) is 25.2. The second kappa shape index (κ2) is 27.9. The van der Waals surface area contributed by atoms with Gasteiger partial charge in [0.15, 0.2) is 5.78 Å². The van der Waals surface area contributed by atoms with Gasteiger partial charge in [0, 0.05) is 69.2 Å². The zero-order chi connectivity index (χ0) is 51.2. The molecule has 3 heterocycles. The lowest BCUT2D eigenvalue weighted by atomic mass is 9.79. The van der Waals surface area contributed by atoms with E-state index in [0.29, 0.717) is 56.0 Å². The first-order valence-corrected chi connectivity index (χ1v) is 28.4. The summed E-state index contributed by atoms with van der Waals surface area (Å²) in [7, 11) is 3.01. The first-order chi connectivity index (χ1) is 32.6. The highest BCUT2D eigenvalue weighted by Crippen LogP contribution is 2.41. The summed E-state index contributed by atoms with van der Waals surface area (Å²) in [5, 5.41) is 23.7. The third kappa shape index (κ3) is 16.4. The molecule has 0 spiro atoms. The number of methoxy groups -OCH3 is 3. The van der Waals surface area contributed by atoms with Crippen LogP contribution in [0.25, 0.3) is 0 Å². The minimum Gasteiger partial charge on any atom is -0.460 e. The van der Waals surface area contributed by atoms with Crippen LogP contribution >= 0.6 is 19.6 Å². The Bertz CT molecular complexity index is 1900. The molecule has 4 rings (SSSR count). The Balaban J connectivity index is 1.70. The van der Waals surface area contributed by atoms with Crippen molar-refractivity contribution in [3.63, 3.8) is 0 Å². The number of hydrogen-bond donors (Lipinski definition) is 2. The highest BCUT2D eigenvalue weighted by Gasteiger charge is 2.53. The number of aliphatic hydroxyl groups excluding tert-OH is 1. The van der Waals surface area contributed by atoms with Crippen molar-refractivity contribution in [2.45, 2.75) is 179 Å². The molecule has 0 aromatic rings. The van der Waals surface area contributed by atoms with E-state index in [2.05, 4.69) is 0 Å². The van der Waals surface area contributed by atoms with Crippen molar-refractivity contribution in [1.82, 2.24) is 4.90 Å². The molecule has 16 heteroatoms. The van der Waals surface area contributed by atoms with Gasteiger partial charge in [-0.2, -0.15) is 0 Å². The molecule has 69 heavy (non-hydrogen) atoms. The predicted molar refractivity (Wildman–Crippen MR) is 270 cm³/mol. The molecule has 2 N–H and O–H groups in total. The lowest BCUT2D eigenvalue weighted by molar-refractivity contribution is -0.265. The Labute approximate surface area is 416 Å². The number of ketones is 3. The third-order valence-corrected chi connectivity index (χ3v) is 18.2. The monoisotopic (exact) mass is 1010 g/mol. The summed E-state index contributed by atoms with van der Waals surface area (Å²) in [5.74, 6) is -7.82. The van der Waals surface area contributed by atoms with Gasteiger partial charge in [-0.15, -0.1) is 11.8 Å². The molecule has 0 radical (unpaired) electrons. The van der Waals surface area contributed by atoms with Crippen LogP contribution in [0.4, 0.5) is 0 Å². The average Bonchev–Trinajstić information content (AvgIpc) is 3.32. The maximum atomic E-state index is 14.5. The van der Waals surface area contributed by atoms with Crippen molar-refractivity contribution >= 4 is 48.8 Å². The van der Waals surface area contributed by atoms with Crippen LogP contribution < -0.4 is 0 Å². The number of rotatable bonds is 9.